The van der Waals surface area contributed by atoms with Gasteiger partial charge in [0, 0.05) is 61.3 Å². The molecule has 0 N–H and O–H groups in total. The van der Waals surface area contributed by atoms with Crippen LogP contribution in [0, 0.1) is 5.92 Å². The Balaban J connectivity index is 1.95. The Morgan fingerprint density at radius 2 is 1.38 bits per heavy atom. The summed E-state index contributed by atoms with van der Waals surface area (Å²) in [6.45, 7) is 10.7. The molecule has 0 bridgehead atoms. The molecule has 6 nitrogen and oxygen atoms in total. The van der Waals surface area contributed by atoms with E-state index in [1.165, 1.54) is 6.92 Å². The molecular formula is C20H28N2O4. The van der Waals surface area contributed by atoms with E-state index in [1.807, 2.05) is 6.92 Å². The van der Waals surface area contributed by atoms with Crippen LogP contribution in [0.2, 0.25) is 0 Å². The van der Waals surface area contributed by atoms with E-state index in [0.29, 0.717) is 61.3 Å². The number of rotatable bonds is 4. The van der Waals surface area contributed by atoms with E-state index in [2.05, 4.69) is 0 Å². The standard InChI is InChI=1S/C20H28N2O4/c1-12(20(26)22-10-8-21(9-11-22)16(5)23)6-7-17-15(4)18(24)13(2)14(3)19(17)25/h12H,6-11H2,1-5H3. The fourth-order valence-corrected chi connectivity index (χ4v) is 3.49. The molecule has 2 rings (SSSR count). The maximum absolute atomic E-state index is 12.6. The van der Waals surface area contributed by atoms with Gasteiger partial charge in [0.15, 0.2) is 11.6 Å². The molecule has 1 saturated heterocycles. The fourth-order valence-electron chi connectivity index (χ4n) is 3.49. The highest BCUT2D eigenvalue weighted by molar-refractivity contribution is 6.24. The fraction of sp³-hybridized carbons (Fsp3) is 0.600. The van der Waals surface area contributed by atoms with Gasteiger partial charge in [-0.15, -0.1) is 0 Å². The number of ketones is 2. The number of piperazine rings is 1. The van der Waals surface area contributed by atoms with Gasteiger partial charge < -0.3 is 9.80 Å². The molecule has 1 atom stereocenters. The lowest BCUT2D eigenvalue weighted by molar-refractivity contribution is -0.141. The molecule has 1 aliphatic carbocycles. The highest BCUT2D eigenvalue weighted by Gasteiger charge is 2.30. The Labute approximate surface area is 154 Å². The van der Waals surface area contributed by atoms with Gasteiger partial charge in [0.25, 0.3) is 0 Å². The van der Waals surface area contributed by atoms with Crippen molar-refractivity contribution in [1.29, 1.82) is 0 Å². The molecule has 1 heterocycles. The van der Waals surface area contributed by atoms with Gasteiger partial charge in [-0.2, -0.15) is 0 Å². The van der Waals surface area contributed by atoms with Crippen molar-refractivity contribution in [3.8, 4) is 0 Å². The first kappa shape index (κ1) is 20.1. The molecule has 2 amide bonds. The minimum Gasteiger partial charge on any atom is -0.339 e. The third-order valence-electron chi connectivity index (χ3n) is 5.60. The largest absolute Gasteiger partial charge is 0.339 e. The van der Waals surface area contributed by atoms with E-state index in [4.69, 9.17) is 0 Å². The summed E-state index contributed by atoms with van der Waals surface area (Å²) in [5.74, 6) is -0.295. The summed E-state index contributed by atoms with van der Waals surface area (Å²) in [6, 6.07) is 0. The summed E-state index contributed by atoms with van der Waals surface area (Å²) in [7, 11) is 0. The summed E-state index contributed by atoms with van der Waals surface area (Å²) in [6.07, 6.45) is 0.963. The summed E-state index contributed by atoms with van der Waals surface area (Å²) >= 11 is 0. The van der Waals surface area contributed by atoms with Crippen LogP contribution in [-0.2, 0) is 19.2 Å². The van der Waals surface area contributed by atoms with Crippen LogP contribution >= 0.6 is 0 Å². The maximum Gasteiger partial charge on any atom is 0.225 e. The molecular weight excluding hydrogens is 332 g/mol. The van der Waals surface area contributed by atoms with Crippen LogP contribution < -0.4 is 0 Å². The number of Topliss-reactive ketones (excluding diaryl/α,β-unsaturated/α-hetero) is 2. The summed E-state index contributed by atoms with van der Waals surface area (Å²) in [5.41, 5.74) is 2.07. The molecule has 1 unspecified atom stereocenters. The van der Waals surface area contributed by atoms with Crippen molar-refractivity contribution >= 4 is 23.4 Å². The first-order chi connectivity index (χ1) is 12.1. The van der Waals surface area contributed by atoms with Gasteiger partial charge in [-0.25, -0.2) is 0 Å². The number of amides is 2. The topological polar surface area (TPSA) is 74.8 Å². The second-order valence-electron chi connectivity index (χ2n) is 7.28. The predicted octanol–water partition coefficient (Wildman–Crippen LogP) is 1.90. The lowest BCUT2D eigenvalue weighted by atomic mass is 9.83. The highest BCUT2D eigenvalue weighted by atomic mass is 16.2. The number of carbonyl (C=O) groups is 4. The number of nitrogens with zero attached hydrogens (tertiary/aromatic N) is 2. The van der Waals surface area contributed by atoms with Gasteiger partial charge in [0.1, 0.15) is 0 Å². The third kappa shape index (κ3) is 3.94. The Morgan fingerprint density at radius 1 is 0.885 bits per heavy atom. The molecule has 6 heteroatoms. The quantitative estimate of drug-likeness (QED) is 0.718. The molecule has 0 saturated carbocycles. The first-order valence-corrected chi connectivity index (χ1v) is 9.16. The molecule has 0 aromatic rings. The van der Waals surface area contributed by atoms with Gasteiger partial charge in [0.05, 0.1) is 0 Å². The lowest BCUT2D eigenvalue weighted by Gasteiger charge is -2.35. The van der Waals surface area contributed by atoms with E-state index in [1.54, 1.807) is 30.6 Å². The minimum absolute atomic E-state index is 0.0340. The van der Waals surface area contributed by atoms with Crippen molar-refractivity contribution in [1.82, 2.24) is 9.80 Å². The molecule has 142 valence electrons. The normalized spacial score (nSPS) is 20.0. The minimum atomic E-state index is -0.227. The van der Waals surface area contributed by atoms with Crippen molar-refractivity contribution in [2.75, 3.05) is 26.2 Å². The van der Waals surface area contributed by atoms with Gasteiger partial charge >= 0.3 is 0 Å². The van der Waals surface area contributed by atoms with Gasteiger partial charge in [-0.3, -0.25) is 19.2 Å². The second kappa shape index (κ2) is 7.98. The van der Waals surface area contributed by atoms with Crippen LogP contribution in [0.25, 0.3) is 0 Å². The van der Waals surface area contributed by atoms with E-state index >= 15 is 0 Å². The number of hydrogen-bond donors (Lipinski definition) is 0. The second-order valence-corrected chi connectivity index (χ2v) is 7.28. The lowest BCUT2D eigenvalue weighted by Crippen LogP contribution is -2.51. The monoisotopic (exact) mass is 360 g/mol. The first-order valence-electron chi connectivity index (χ1n) is 9.16. The van der Waals surface area contributed by atoms with E-state index in [-0.39, 0.29) is 29.3 Å². The van der Waals surface area contributed by atoms with Crippen LogP contribution in [0.5, 0.6) is 0 Å². The molecule has 2 aliphatic rings. The van der Waals surface area contributed by atoms with E-state index < -0.39 is 0 Å². The molecule has 0 spiro atoms. The predicted molar refractivity (Wildman–Crippen MR) is 98.3 cm³/mol. The van der Waals surface area contributed by atoms with Crippen molar-refractivity contribution in [2.24, 2.45) is 5.92 Å². The van der Waals surface area contributed by atoms with Crippen molar-refractivity contribution in [3.05, 3.63) is 22.3 Å². The average molecular weight is 360 g/mol. The zero-order chi connectivity index (χ0) is 19.6. The highest BCUT2D eigenvalue weighted by Crippen LogP contribution is 2.28. The van der Waals surface area contributed by atoms with Crippen LogP contribution in [0.4, 0.5) is 0 Å². The summed E-state index contributed by atoms with van der Waals surface area (Å²) in [4.78, 5) is 52.2. The van der Waals surface area contributed by atoms with Gasteiger partial charge in [0.2, 0.25) is 11.8 Å². The van der Waals surface area contributed by atoms with Crippen molar-refractivity contribution in [2.45, 2.75) is 47.5 Å². The zero-order valence-electron chi connectivity index (χ0n) is 16.3. The maximum atomic E-state index is 12.6. The van der Waals surface area contributed by atoms with Crippen LogP contribution in [0.3, 0.4) is 0 Å². The Hall–Kier alpha value is -2.24. The smallest absolute Gasteiger partial charge is 0.225 e. The van der Waals surface area contributed by atoms with Crippen LogP contribution in [0.15, 0.2) is 22.3 Å². The molecule has 0 aromatic carbocycles. The average Bonchev–Trinajstić information content (AvgIpc) is 2.64. The number of hydrogen-bond acceptors (Lipinski definition) is 4. The van der Waals surface area contributed by atoms with Crippen LogP contribution in [-0.4, -0.2) is 59.4 Å². The molecule has 0 aromatic heterocycles. The molecule has 1 fully saturated rings. The van der Waals surface area contributed by atoms with Crippen molar-refractivity contribution in [3.63, 3.8) is 0 Å². The van der Waals surface area contributed by atoms with Crippen molar-refractivity contribution < 1.29 is 19.2 Å². The third-order valence-corrected chi connectivity index (χ3v) is 5.60. The van der Waals surface area contributed by atoms with Gasteiger partial charge in [-0.05, 0) is 33.6 Å². The van der Waals surface area contributed by atoms with E-state index in [9.17, 15) is 19.2 Å². The number of allylic oxidation sites excluding steroid dienone is 4. The molecule has 26 heavy (non-hydrogen) atoms. The Bertz CT molecular complexity index is 709. The Kier molecular flexibility index (Phi) is 6.16. The Morgan fingerprint density at radius 3 is 1.92 bits per heavy atom. The zero-order valence-corrected chi connectivity index (χ0v) is 16.3. The SMILES string of the molecule is CC(=O)N1CCN(C(=O)C(C)CCC2=C(C)C(=O)C(C)=C(C)C2=O)CC1. The number of carbonyl (C=O) groups excluding carboxylic acids is 4. The molecule has 0 radical (unpaired) electrons. The van der Waals surface area contributed by atoms with Gasteiger partial charge in [-0.1, -0.05) is 6.92 Å². The molecule has 1 aliphatic heterocycles. The summed E-state index contributed by atoms with van der Waals surface area (Å²) < 4.78 is 0. The van der Waals surface area contributed by atoms with E-state index in [0.717, 1.165) is 0 Å². The summed E-state index contributed by atoms with van der Waals surface area (Å²) in [5, 5.41) is 0. The van der Waals surface area contributed by atoms with Crippen LogP contribution in [0.1, 0.15) is 47.5 Å².